The Balaban J connectivity index is 2.34. The Morgan fingerprint density at radius 1 is 1.41 bits per heavy atom. The van der Waals surface area contributed by atoms with E-state index in [1.807, 2.05) is 0 Å². The average Bonchev–Trinajstić information content (AvgIpc) is 2.39. The number of rotatable bonds is 2. The minimum absolute atomic E-state index is 0.154. The van der Waals surface area contributed by atoms with Crippen LogP contribution in [0.5, 0.6) is 0 Å². The van der Waals surface area contributed by atoms with Crippen LogP contribution in [-0.4, -0.2) is 22.7 Å². The highest BCUT2D eigenvalue weighted by Crippen LogP contribution is 2.25. The average molecular weight is 235 g/mol. The van der Waals surface area contributed by atoms with Gasteiger partial charge in [0.2, 0.25) is 0 Å². The molecule has 1 amide bonds. The first kappa shape index (κ1) is 11.8. The van der Waals surface area contributed by atoms with Crippen molar-refractivity contribution in [2.24, 2.45) is 0 Å². The zero-order valence-electron chi connectivity index (χ0n) is 9.98. The Bertz CT molecular complexity index is 461. The standard InChI is InChI=1S/C12H17N3O2/c1-13-11(16)10-7-8-14-15(12(10)17)9-5-3-2-4-6-9/h7-9H,2-6H2,1H3,(H,13,16). The van der Waals surface area contributed by atoms with Crippen LogP contribution in [0.15, 0.2) is 17.1 Å². The topological polar surface area (TPSA) is 64.0 Å². The van der Waals surface area contributed by atoms with Crippen molar-refractivity contribution in [1.82, 2.24) is 15.1 Å². The Hall–Kier alpha value is -1.65. The molecular formula is C12H17N3O2. The van der Waals surface area contributed by atoms with Gasteiger partial charge in [0.15, 0.2) is 0 Å². The normalized spacial score (nSPS) is 16.8. The lowest BCUT2D eigenvalue weighted by Crippen LogP contribution is -2.35. The third-order valence-corrected chi connectivity index (χ3v) is 3.26. The summed E-state index contributed by atoms with van der Waals surface area (Å²) in [7, 11) is 1.52. The quantitative estimate of drug-likeness (QED) is 0.835. The van der Waals surface area contributed by atoms with Crippen molar-refractivity contribution < 1.29 is 4.79 Å². The molecule has 0 bridgehead atoms. The molecule has 1 aliphatic rings. The van der Waals surface area contributed by atoms with Gasteiger partial charge in [-0.2, -0.15) is 5.10 Å². The summed E-state index contributed by atoms with van der Waals surface area (Å²) >= 11 is 0. The second kappa shape index (κ2) is 5.12. The van der Waals surface area contributed by atoms with Crippen molar-refractivity contribution in [3.63, 3.8) is 0 Å². The molecule has 0 aliphatic heterocycles. The van der Waals surface area contributed by atoms with E-state index >= 15 is 0 Å². The van der Waals surface area contributed by atoms with E-state index in [9.17, 15) is 9.59 Å². The fraction of sp³-hybridized carbons (Fsp3) is 0.583. The van der Waals surface area contributed by atoms with Gasteiger partial charge in [0, 0.05) is 13.2 Å². The monoisotopic (exact) mass is 235 g/mol. The molecule has 1 N–H and O–H groups in total. The fourth-order valence-electron chi connectivity index (χ4n) is 2.32. The summed E-state index contributed by atoms with van der Waals surface area (Å²) in [6.07, 6.45) is 6.96. The molecule has 0 aromatic carbocycles. The highest BCUT2D eigenvalue weighted by molar-refractivity contribution is 5.93. The van der Waals surface area contributed by atoms with E-state index in [-0.39, 0.29) is 23.1 Å². The van der Waals surface area contributed by atoms with E-state index in [1.165, 1.54) is 30.4 Å². The molecule has 0 spiro atoms. The van der Waals surface area contributed by atoms with Crippen LogP contribution in [0.25, 0.3) is 0 Å². The van der Waals surface area contributed by atoms with Crippen molar-refractivity contribution in [2.45, 2.75) is 38.1 Å². The molecule has 17 heavy (non-hydrogen) atoms. The van der Waals surface area contributed by atoms with Gasteiger partial charge < -0.3 is 5.32 Å². The maximum Gasteiger partial charge on any atom is 0.279 e. The van der Waals surface area contributed by atoms with Gasteiger partial charge in [-0.15, -0.1) is 0 Å². The van der Waals surface area contributed by atoms with Crippen LogP contribution in [0.3, 0.4) is 0 Å². The summed E-state index contributed by atoms with van der Waals surface area (Å²) in [4.78, 5) is 23.6. The maximum atomic E-state index is 12.1. The number of hydrogen-bond donors (Lipinski definition) is 1. The van der Waals surface area contributed by atoms with E-state index < -0.39 is 0 Å². The predicted molar refractivity (Wildman–Crippen MR) is 64.0 cm³/mol. The van der Waals surface area contributed by atoms with E-state index in [0.29, 0.717) is 0 Å². The van der Waals surface area contributed by atoms with Crippen molar-refractivity contribution >= 4 is 5.91 Å². The molecule has 0 unspecified atom stereocenters. The lowest BCUT2D eigenvalue weighted by atomic mass is 9.95. The van der Waals surface area contributed by atoms with Crippen molar-refractivity contribution in [1.29, 1.82) is 0 Å². The number of nitrogens with one attached hydrogen (secondary N) is 1. The van der Waals surface area contributed by atoms with Crippen LogP contribution in [0, 0.1) is 0 Å². The molecule has 92 valence electrons. The van der Waals surface area contributed by atoms with E-state index in [4.69, 9.17) is 0 Å². The molecule has 1 fully saturated rings. The van der Waals surface area contributed by atoms with Crippen molar-refractivity contribution in [3.05, 3.63) is 28.2 Å². The SMILES string of the molecule is CNC(=O)c1ccnn(C2CCCCC2)c1=O. The molecule has 1 aromatic rings. The number of carbonyl (C=O) groups is 1. The van der Waals surface area contributed by atoms with Crippen molar-refractivity contribution in [2.75, 3.05) is 7.05 Å². The van der Waals surface area contributed by atoms with Crippen LogP contribution in [0.1, 0.15) is 48.5 Å². The van der Waals surface area contributed by atoms with Gasteiger partial charge in [0.05, 0.1) is 6.04 Å². The molecule has 5 nitrogen and oxygen atoms in total. The summed E-state index contributed by atoms with van der Waals surface area (Å²) < 4.78 is 1.48. The zero-order valence-corrected chi connectivity index (χ0v) is 9.98. The van der Waals surface area contributed by atoms with Gasteiger partial charge in [-0.25, -0.2) is 4.68 Å². The second-order valence-corrected chi connectivity index (χ2v) is 4.37. The Morgan fingerprint density at radius 3 is 2.76 bits per heavy atom. The molecule has 5 heteroatoms. The Labute approximate surface area is 99.8 Å². The largest absolute Gasteiger partial charge is 0.355 e. The minimum Gasteiger partial charge on any atom is -0.355 e. The smallest absolute Gasteiger partial charge is 0.279 e. The van der Waals surface area contributed by atoms with Crippen LogP contribution < -0.4 is 10.9 Å². The van der Waals surface area contributed by atoms with E-state index in [2.05, 4.69) is 10.4 Å². The third-order valence-electron chi connectivity index (χ3n) is 3.26. The molecule has 2 rings (SSSR count). The summed E-state index contributed by atoms with van der Waals surface area (Å²) in [5.41, 5.74) is -0.105. The molecular weight excluding hydrogens is 218 g/mol. The second-order valence-electron chi connectivity index (χ2n) is 4.37. The van der Waals surface area contributed by atoms with Crippen LogP contribution in [-0.2, 0) is 0 Å². The summed E-state index contributed by atoms with van der Waals surface area (Å²) in [5, 5.41) is 6.58. The molecule has 1 aromatic heterocycles. The van der Waals surface area contributed by atoms with Crippen LogP contribution in [0.4, 0.5) is 0 Å². The molecule has 0 saturated heterocycles. The van der Waals surface area contributed by atoms with Gasteiger partial charge in [0.25, 0.3) is 11.5 Å². The maximum absolute atomic E-state index is 12.1. The lowest BCUT2D eigenvalue weighted by Gasteiger charge is -2.22. The molecule has 1 aliphatic carbocycles. The number of hydrogen-bond acceptors (Lipinski definition) is 3. The van der Waals surface area contributed by atoms with Gasteiger partial charge in [0.1, 0.15) is 5.56 Å². The van der Waals surface area contributed by atoms with Gasteiger partial charge >= 0.3 is 0 Å². The number of nitrogens with zero attached hydrogens (tertiary/aromatic N) is 2. The first-order valence-electron chi connectivity index (χ1n) is 6.04. The van der Waals surface area contributed by atoms with Gasteiger partial charge in [-0.1, -0.05) is 19.3 Å². The first-order valence-corrected chi connectivity index (χ1v) is 6.04. The fourth-order valence-corrected chi connectivity index (χ4v) is 2.32. The Kier molecular flexibility index (Phi) is 3.56. The molecule has 0 radical (unpaired) electrons. The summed E-state index contributed by atoms with van der Waals surface area (Å²) in [5.74, 6) is -0.345. The summed E-state index contributed by atoms with van der Waals surface area (Å²) in [6, 6.07) is 1.63. The molecule has 1 heterocycles. The van der Waals surface area contributed by atoms with E-state index in [0.717, 1.165) is 25.7 Å². The summed E-state index contributed by atoms with van der Waals surface area (Å²) in [6.45, 7) is 0. The number of amides is 1. The first-order chi connectivity index (χ1) is 8.24. The van der Waals surface area contributed by atoms with Gasteiger partial charge in [-0.3, -0.25) is 9.59 Å². The third kappa shape index (κ3) is 2.38. The van der Waals surface area contributed by atoms with Gasteiger partial charge in [-0.05, 0) is 18.9 Å². The van der Waals surface area contributed by atoms with Crippen molar-refractivity contribution in [3.8, 4) is 0 Å². The Morgan fingerprint density at radius 2 is 2.12 bits per heavy atom. The molecule has 0 atom stereocenters. The lowest BCUT2D eigenvalue weighted by molar-refractivity contribution is 0.0960. The highest BCUT2D eigenvalue weighted by atomic mass is 16.2. The predicted octanol–water partition coefficient (Wildman–Crippen LogP) is 1.11. The minimum atomic E-state index is -0.345. The van der Waals surface area contributed by atoms with Crippen LogP contribution in [0.2, 0.25) is 0 Å². The number of carbonyl (C=O) groups excluding carboxylic acids is 1. The molecule has 1 saturated carbocycles. The van der Waals surface area contributed by atoms with E-state index in [1.54, 1.807) is 0 Å². The van der Waals surface area contributed by atoms with Crippen LogP contribution >= 0.6 is 0 Å². The zero-order chi connectivity index (χ0) is 12.3. The highest BCUT2D eigenvalue weighted by Gasteiger charge is 2.19. The number of aromatic nitrogens is 2.